The van der Waals surface area contributed by atoms with Gasteiger partial charge < -0.3 is 19.9 Å². The van der Waals surface area contributed by atoms with Crippen LogP contribution in [0.3, 0.4) is 0 Å². The average Bonchev–Trinajstić information content (AvgIpc) is 2.86. The third-order valence-corrected chi connectivity index (χ3v) is 3.22. The van der Waals surface area contributed by atoms with E-state index in [1.165, 1.54) is 0 Å². The van der Waals surface area contributed by atoms with Crippen molar-refractivity contribution in [3.63, 3.8) is 0 Å². The molecule has 2 atom stereocenters. The van der Waals surface area contributed by atoms with Gasteiger partial charge in [0.1, 0.15) is 11.5 Å². The molecule has 0 aromatic heterocycles. The molecule has 4 nitrogen and oxygen atoms in total. The third kappa shape index (κ3) is 3.10. The van der Waals surface area contributed by atoms with Crippen molar-refractivity contribution in [1.29, 1.82) is 0 Å². The summed E-state index contributed by atoms with van der Waals surface area (Å²) in [6.45, 7) is 0.906. The molecule has 1 aliphatic rings. The number of hydrogen-bond acceptors (Lipinski definition) is 4. The first-order chi connectivity index (χ1) is 9.81. The highest BCUT2D eigenvalue weighted by atomic mass is 16.5. The lowest BCUT2D eigenvalue weighted by Crippen LogP contribution is -2.31. The van der Waals surface area contributed by atoms with Crippen LogP contribution in [0.1, 0.15) is 0 Å². The molecule has 2 aromatic carbocycles. The number of rotatable bonds is 4. The summed E-state index contributed by atoms with van der Waals surface area (Å²) in [7, 11) is 0. The Hall–Kier alpha value is -2.04. The first-order valence-corrected chi connectivity index (χ1v) is 6.66. The molecule has 4 heteroatoms. The minimum Gasteiger partial charge on any atom is -0.457 e. The SMILES string of the molecule is OC1COCC1Nc1cccc(Oc2ccccc2)c1. The van der Waals surface area contributed by atoms with Crippen LogP contribution in [0.25, 0.3) is 0 Å². The molecular weight excluding hydrogens is 254 g/mol. The van der Waals surface area contributed by atoms with Crippen molar-refractivity contribution in [3.8, 4) is 11.5 Å². The van der Waals surface area contributed by atoms with Gasteiger partial charge in [0, 0.05) is 11.8 Å². The molecule has 104 valence electrons. The van der Waals surface area contributed by atoms with E-state index in [1.54, 1.807) is 0 Å². The van der Waals surface area contributed by atoms with Gasteiger partial charge >= 0.3 is 0 Å². The van der Waals surface area contributed by atoms with Crippen LogP contribution >= 0.6 is 0 Å². The molecule has 0 amide bonds. The third-order valence-electron chi connectivity index (χ3n) is 3.22. The monoisotopic (exact) mass is 271 g/mol. The van der Waals surface area contributed by atoms with Crippen molar-refractivity contribution >= 4 is 5.69 Å². The van der Waals surface area contributed by atoms with Crippen LogP contribution in [0.4, 0.5) is 5.69 Å². The maximum atomic E-state index is 9.74. The maximum absolute atomic E-state index is 9.74. The summed E-state index contributed by atoms with van der Waals surface area (Å²) in [5, 5.41) is 13.0. The molecule has 1 saturated heterocycles. The minimum absolute atomic E-state index is 0.0676. The Labute approximate surface area is 118 Å². The zero-order valence-electron chi connectivity index (χ0n) is 11.0. The van der Waals surface area contributed by atoms with E-state index in [-0.39, 0.29) is 6.04 Å². The van der Waals surface area contributed by atoms with Gasteiger partial charge in [-0.15, -0.1) is 0 Å². The summed E-state index contributed by atoms with van der Waals surface area (Å²) in [4.78, 5) is 0. The van der Waals surface area contributed by atoms with Gasteiger partial charge in [-0.2, -0.15) is 0 Å². The summed E-state index contributed by atoms with van der Waals surface area (Å²) in [5.74, 6) is 1.56. The van der Waals surface area contributed by atoms with Gasteiger partial charge in [-0.3, -0.25) is 0 Å². The van der Waals surface area contributed by atoms with Crippen molar-refractivity contribution in [2.24, 2.45) is 0 Å². The highest BCUT2D eigenvalue weighted by molar-refractivity contribution is 5.50. The van der Waals surface area contributed by atoms with Crippen LogP contribution < -0.4 is 10.1 Å². The van der Waals surface area contributed by atoms with E-state index in [9.17, 15) is 5.11 Å². The number of aliphatic hydroxyl groups excluding tert-OH is 1. The summed E-state index contributed by atoms with van der Waals surface area (Å²) in [6, 6.07) is 17.3. The van der Waals surface area contributed by atoms with Crippen LogP contribution in [0.5, 0.6) is 11.5 Å². The molecule has 0 saturated carbocycles. The van der Waals surface area contributed by atoms with E-state index in [0.29, 0.717) is 13.2 Å². The second-order valence-electron chi connectivity index (χ2n) is 4.80. The summed E-state index contributed by atoms with van der Waals surface area (Å²) < 4.78 is 11.0. The van der Waals surface area contributed by atoms with Gasteiger partial charge in [-0.1, -0.05) is 24.3 Å². The Kier molecular flexibility index (Phi) is 3.85. The fourth-order valence-electron chi connectivity index (χ4n) is 2.17. The predicted molar refractivity (Wildman–Crippen MR) is 77.2 cm³/mol. The normalized spacial score (nSPS) is 21.6. The van der Waals surface area contributed by atoms with Gasteiger partial charge in [0.15, 0.2) is 0 Å². The van der Waals surface area contributed by atoms with Gasteiger partial charge in [0.2, 0.25) is 0 Å². The fraction of sp³-hybridized carbons (Fsp3) is 0.250. The van der Waals surface area contributed by atoms with E-state index < -0.39 is 6.10 Å². The number of para-hydroxylation sites is 1. The molecule has 0 spiro atoms. The molecule has 0 aliphatic carbocycles. The molecule has 1 heterocycles. The second-order valence-corrected chi connectivity index (χ2v) is 4.80. The van der Waals surface area contributed by atoms with Gasteiger partial charge in [0.05, 0.1) is 25.4 Å². The fourth-order valence-corrected chi connectivity index (χ4v) is 2.17. The Bertz CT molecular complexity index is 559. The number of nitrogens with one attached hydrogen (secondary N) is 1. The number of aliphatic hydroxyl groups is 1. The van der Waals surface area contributed by atoms with Crippen LogP contribution in [0.15, 0.2) is 54.6 Å². The summed E-state index contributed by atoms with van der Waals surface area (Å²) >= 11 is 0. The Morgan fingerprint density at radius 1 is 1.00 bits per heavy atom. The van der Waals surface area contributed by atoms with Crippen LogP contribution in [-0.2, 0) is 4.74 Å². The molecule has 2 unspecified atom stereocenters. The van der Waals surface area contributed by atoms with Crippen molar-refractivity contribution in [1.82, 2.24) is 0 Å². The lowest BCUT2D eigenvalue weighted by Gasteiger charge is -2.16. The molecule has 0 radical (unpaired) electrons. The number of hydrogen-bond donors (Lipinski definition) is 2. The van der Waals surface area contributed by atoms with Crippen molar-refractivity contribution in [3.05, 3.63) is 54.6 Å². The molecule has 2 aromatic rings. The highest BCUT2D eigenvalue weighted by Gasteiger charge is 2.25. The zero-order chi connectivity index (χ0) is 13.8. The van der Waals surface area contributed by atoms with E-state index in [4.69, 9.17) is 9.47 Å². The quantitative estimate of drug-likeness (QED) is 0.897. The number of ether oxygens (including phenoxy) is 2. The lowest BCUT2D eigenvalue weighted by molar-refractivity contribution is 0.125. The largest absolute Gasteiger partial charge is 0.457 e. The van der Waals surface area contributed by atoms with Crippen molar-refractivity contribution < 1.29 is 14.6 Å². The number of benzene rings is 2. The van der Waals surface area contributed by atoms with E-state index in [1.807, 2.05) is 54.6 Å². The zero-order valence-corrected chi connectivity index (χ0v) is 11.0. The van der Waals surface area contributed by atoms with E-state index in [2.05, 4.69) is 5.32 Å². The van der Waals surface area contributed by atoms with E-state index in [0.717, 1.165) is 17.2 Å². The van der Waals surface area contributed by atoms with Crippen molar-refractivity contribution in [2.45, 2.75) is 12.1 Å². The predicted octanol–water partition coefficient (Wildman–Crippen LogP) is 2.65. The second kappa shape index (κ2) is 5.94. The standard InChI is InChI=1S/C16H17NO3/c18-16-11-19-10-15(16)17-12-5-4-8-14(9-12)20-13-6-2-1-3-7-13/h1-9,15-18H,10-11H2. The molecule has 20 heavy (non-hydrogen) atoms. The van der Waals surface area contributed by atoms with Crippen molar-refractivity contribution in [2.75, 3.05) is 18.5 Å². The van der Waals surface area contributed by atoms with Gasteiger partial charge in [-0.25, -0.2) is 0 Å². The van der Waals surface area contributed by atoms with E-state index >= 15 is 0 Å². The van der Waals surface area contributed by atoms with Crippen LogP contribution in [0.2, 0.25) is 0 Å². The van der Waals surface area contributed by atoms with Crippen LogP contribution in [-0.4, -0.2) is 30.5 Å². The Morgan fingerprint density at radius 3 is 2.55 bits per heavy atom. The Balaban J connectivity index is 1.69. The molecule has 2 N–H and O–H groups in total. The first-order valence-electron chi connectivity index (χ1n) is 6.66. The first kappa shape index (κ1) is 13.0. The lowest BCUT2D eigenvalue weighted by atomic mass is 10.2. The van der Waals surface area contributed by atoms with Gasteiger partial charge in [-0.05, 0) is 24.3 Å². The summed E-state index contributed by atoms with van der Waals surface area (Å²) in [6.07, 6.45) is -0.464. The average molecular weight is 271 g/mol. The highest BCUT2D eigenvalue weighted by Crippen LogP contribution is 2.24. The molecule has 1 fully saturated rings. The topological polar surface area (TPSA) is 50.7 Å². The molecule has 1 aliphatic heterocycles. The summed E-state index contributed by atoms with van der Waals surface area (Å²) in [5.41, 5.74) is 0.910. The van der Waals surface area contributed by atoms with Crippen LogP contribution in [0, 0.1) is 0 Å². The smallest absolute Gasteiger partial charge is 0.129 e. The molecular formula is C16H17NO3. The minimum atomic E-state index is -0.464. The molecule has 0 bridgehead atoms. The molecule has 3 rings (SSSR count). The number of anilines is 1. The van der Waals surface area contributed by atoms with Gasteiger partial charge in [0.25, 0.3) is 0 Å². The maximum Gasteiger partial charge on any atom is 0.129 e. The Morgan fingerprint density at radius 2 is 1.80 bits per heavy atom.